The van der Waals surface area contributed by atoms with Crippen LogP contribution in [0.3, 0.4) is 0 Å². The molecular weight excluding hydrogens is 360 g/mol. The number of nitrogens with one attached hydrogen (secondary N) is 1. The number of carbonyl (C=O) groups excluding carboxylic acids is 1. The van der Waals surface area contributed by atoms with Crippen LogP contribution in [0.4, 0.5) is 0 Å². The topological polar surface area (TPSA) is 76.9 Å². The lowest BCUT2D eigenvalue weighted by Crippen LogP contribution is -2.33. The minimum atomic E-state index is -0.343. The van der Waals surface area contributed by atoms with Gasteiger partial charge in [0.2, 0.25) is 5.91 Å². The molecule has 0 bridgehead atoms. The predicted octanol–water partition coefficient (Wildman–Crippen LogP) is 2.65. The normalized spacial score (nSPS) is 10.6. The van der Waals surface area contributed by atoms with Crippen molar-refractivity contribution in [1.29, 1.82) is 0 Å². The van der Waals surface area contributed by atoms with E-state index < -0.39 is 0 Å². The number of aryl methyl sites for hydroxylation is 1. The van der Waals surface area contributed by atoms with Gasteiger partial charge in [0.1, 0.15) is 17.2 Å². The molecule has 0 fully saturated rings. The van der Waals surface area contributed by atoms with E-state index in [-0.39, 0.29) is 18.0 Å². The zero-order valence-electron chi connectivity index (χ0n) is 13.4. The van der Waals surface area contributed by atoms with Crippen LogP contribution in [0.25, 0.3) is 10.7 Å². The van der Waals surface area contributed by atoms with Gasteiger partial charge < -0.3 is 5.32 Å². The van der Waals surface area contributed by atoms with Crippen LogP contribution in [0, 0.1) is 6.92 Å². The van der Waals surface area contributed by atoms with Crippen molar-refractivity contribution in [3.63, 3.8) is 0 Å². The van der Waals surface area contributed by atoms with E-state index in [0.29, 0.717) is 22.3 Å². The number of hydrogen-bond donors (Lipinski definition) is 1. The fourth-order valence-corrected chi connectivity index (χ4v) is 3.11. The van der Waals surface area contributed by atoms with Crippen LogP contribution in [-0.4, -0.2) is 20.7 Å². The van der Waals surface area contributed by atoms with Crippen molar-refractivity contribution in [2.24, 2.45) is 0 Å². The highest BCUT2D eigenvalue weighted by molar-refractivity contribution is 7.14. The largest absolute Gasteiger partial charge is 0.350 e. The first-order chi connectivity index (χ1) is 12.0. The molecule has 0 atom stereocenters. The third kappa shape index (κ3) is 4.32. The molecule has 0 unspecified atom stereocenters. The van der Waals surface area contributed by atoms with Gasteiger partial charge in [0, 0.05) is 28.7 Å². The molecule has 0 aliphatic carbocycles. The lowest BCUT2D eigenvalue weighted by molar-refractivity contribution is -0.122. The lowest BCUT2D eigenvalue weighted by atomic mass is 10.2. The summed E-state index contributed by atoms with van der Waals surface area (Å²) in [4.78, 5) is 29.4. The Balaban J connectivity index is 1.70. The standard InChI is InChI=1S/C17H15ClN4O2S/c1-11-8-20-17(25-11)14-6-7-16(24)22(21-14)10-15(23)19-9-12-4-2-3-5-13(12)18/h2-8H,9-10H2,1H3,(H,19,23). The zero-order chi connectivity index (χ0) is 17.8. The quantitative estimate of drug-likeness (QED) is 0.744. The minimum Gasteiger partial charge on any atom is -0.350 e. The average Bonchev–Trinajstić information content (AvgIpc) is 3.02. The van der Waals surface area contributed by atoms with Gasteiger partial charge >= 0.3 is 0 Å². The molecule has 0 aliphatic heterocycles. The molecule has 1 aromatic carbocycles. The van der Waals surface area contributed by atoms with Crippen LogP contribution in [-0.2, 0) is 17.9 Å². The molecule has 3 aromatic rings. The van der Waals surface area contributed by atoms with Crippen LogP contribution < -0.4 is 10.9 Å². The van der Waals surface area contributed by atoms with Crippen molar-refractivity contribution in [2.45, 2.75) is 20.0 Å². The number of hydrogen-bond acceptors (Lipinski definition) is 5. The predicted molar refractivity (Wildman–Crippen MR) is 97.6 cm³/mol. The Hall–Kier alpha value is -2.51. The Kier molecular flexibility index (Phi) is 5.25. The van der Waals surface area contributed by atoms with E-state index in [0.717, 1.165) is 15.1 Å². The second-order valence-electron chi connectivity index (χ2n) is 5.36. The maximum Gasteiger partial charge on any atom is 0.267 e. The summed E-state index contributed by atoms with van der Waals surface area (Å²) in [5.41, 5.74) is 1.03. The van der Waals surface area contributed by atoms with Gasteiger partial charge in [-0.15, -0.1) is 11.3 Å². The molecule has 0 saturated carbocycles. The van der Waals surface area contributed by atoms with Crippen molar-refractivity contribution < 1.29 is 4.79 Å². The molecule has 25 heavy (non-hydrogen) atoms. The van der Waals surface area contributed by atoms with Crippen LogP contribution in [0.5, 0.6) is 0 Å². The first-order valence-corrected chi connectivity index (χ1v) is 8.73. The molecule has 3 rings (SSSR count). The van der Waals surface area contributed by atoms with Gasteiger partial charge in [0.15, 0.2) is 0 Å². The summed E-state index contributed by atoms with van der Waals surface area (Å²) in [7, 11) is 0. The summed E-state index contributed by atoms with van der Waals surface area (Å²) in [6.45, 7) is 2.07. The van der Waals surface area contributed by atoms with Gasteiger partial charge in [0.05, 0.1) is 0 Å². The maximum atomic E-state index is 12.1. The smallest absolute Gasteiger partial charge is 0.267 e. The van der Waals surface area contributed by atoms with Gasteiger partial charge in [-0.2, -0.15) is 5.10 Å². The highest BCUT2D eigenvalue weighted by Gasteiger charge is 2.10. The van der Waals surface area contributed by atoms with E-state index in [1.165, 1.54) is 17.4 Å². The minimum absolute atomic E-state index is 0.165. The van der Waals surface area contributed by atoms with E-state index in [1.807, 2.05) is 25.1 Å². The van der Waals surface area contributed by atoms with Crippen molar-refractivity contribution in [3.05, 3.63) is 68.4 Å². The number of benzene rings is 1. The van der Waals surface area contributed by atoms with Gasteiger partial charge in [-0.1, -0.05) is 29.8 Å². The summed E-state index contributed by atoms with van der Waals surface area (Å²) in [5, 5.41) is 8.27. The second-order valence-corrected chi connectivity index (χ2v) is 7.00. The Morgan fingerprint density at radius 3 is 2.80 bits per heavy atom. The fraction of sp³-hybridized carbons (Fsp3) is 0.176. The summed E-state index contributed by atoms with van der Waals surface area (Å²) in [6, 6.07) is 10.3. The molecule has 8 heteroatoms. The number of carbonyl (C=O) groups is 1. The van der Waals surface area contributed by atoms with Crippen molar-refractivity contribution >= 4 is 28.8 Å². The number of aromatic nitrogens is 3. The molecule has 2 aromatic heterocycles. The molecule has 128 valence electrons. The van der Waals surface area contributed by atoms with Gasteiger partial charge in [-0.3, -0.25) is 9.59 Å². The number of amides is 1. The number of halogens is 1. The molecule has 1 amide bonds. The molecule has 0 spiro atoms. The molecular formula is C17H15ClN4O2S. The van der Waals surface area contributed by atoms with E-state index in [1.54, 1.807) is 18.3 Å². The highest BCUT2D eigenvalue weighted by Crippen LogP contribution is 2.21. The number of thiazole rings is 1. The maximum absolute atomic E-state index is 12.1. The second kappa shape index (κ2) is 7.58. The molecule has 0 saturated heterocycles. The van der Waals surface area contributed by atoms with Gasteiger partial charge in [-0.05, 0) is 24.6 Å². The highest BCUT2D eigenvalue weighted by atomic mass is 35.5. The fourth-order valence-electron chi connectivity index (χ4n) is 2.18. The Morgan fingerprint density at radius 1 is 1.28 bits per heavy atom. The van der Waals surface area contributed by atoms with Gasteiger partial charge in [0.25, 0.3) is 5.56 Å². The van der Waals surface area contributed by atoms with Crippen LogP contribution >= 0.6 is 22.9 Å². The van der Waals surface area contributed by atoms with Crippen LogP contribution in [0.15, 0.2) is 47.4 Å². The van der Waals surface area contributed by atoms with Crippen molar-refractivity contribution in [3.8, 4) is 10.7 Å². The first-order valence-electron chi connectivity index (χ1n) is 7.54. The van der Waals surface area contributed by atoms with Crippen molar-refractivity contribution in [2.75, 3.05) is 0 Å². The zero-order valence-corrected chi connectivity index (χ0v) is 15.0. The van der Waals surface area contributed by atoms with Gasteiger partial charge in [-0.25, -0.2) is 9.67 Å². The Bertz CT molecular complexity index is 967. The third-order valence-corrected chi connectivity index (χ3v) is 4.74. The Labute approximate surface area is 153 Å². The summed E-state index contributed by atoms with van der Waals surface area (Å²) in [6.07, 6.45) is 1.74. The molecule has 1 N–H and O–H groups in total. The number of rotatable bonds is 5. The van der Waals surface area contributed by atoms with Crippen molar-refractivity contribution in [1.82, 2.24) is 20.1 Å². The summed E-state index contributed by atoms with van der Waals surface area (Å²) >= 11 is 7.54. The number of nitrogens with zero attached hydrogens (tertiary/aromatic N) is 3. The van der Waals surface area contributed by atoms with Crippen LogP contribution in [0.2, 0.25) is 5.02 Å². The van der Waals surface area contributed by atoms with E-state index in [9.17, 15) is 9.59 Å². The Morgan fingerprint density at radius 2 is 2.08 bits per heavy atom. The third-order valence-electron chi connectivity index (χ3n) is 3.43. The lowest BCUT2D eigenvalue weighted by Gasteiger charge is -2.08. The first kappa shape index (κ1) is 17.3. The molecule has 6 nitrogen and oxygen atoms in total. The monoisotopic (exact) mass is 374 g/mol. The SMILES string of the molecule is Cc1cnc(-c2ccc(=O)n(CC(=O)NCc3ccccc3Cl)n2)s1. The van der Waals surface area contributed by atoms with E-state index in [4.69, 9.17) is 11.6 Å². The van der Waals surface area contributed by atoms with E-state index in [2.05, 4.69) is 15.4 Å². The summed E-state index contributed by atoms with van der Waals surface area (Å²) < 4.78 is 1.13. The van der Waals surface area contributed by atoms with Crippen LogP contribution in [0.1, 0.15) is 10.4 Å². The summed E-state index contributed by atoms with van der Waals surface area (Å²) in [5.74, 6) is -0.318. The molecule has 0 radical (unpaired) electrons. The molecule has 2 heterocycles. The van der Waals surface area contributed by atoms with E-state index >= 15 is 0 Å². The average molecular weight is 375 g/mol. The molecule has 0 aliphatic rings.